The van der Waals surface area contributed by atoms with Gasteiger partial charge >= 0.3 is 5.97 Å². The molecule has 1 atom stereocenters. The molecule has 2 heterocycles. The Morgan fingerprint density at radius 1 is 1.14 bits per heavy atom. The van der Waals surface area contributed by atoms with E-state index < -0.39 is 12.0 Å². The lowest BCUT2D eigenvalue weighted by Gasteiger charge is -2.25. The van der Waals surface area contributed by atoms with Crippen molar-refractivity contribution in [2.24, 2.45) is 4.99 Å². The van der Waals surface area contributed by atoms with E-state index in [0.29, 0.717) is 50.0 Å². The molecule has 1 aromatic heterocycles. The number of fused-ring (bicyclic) bond motifs is 1. The first kappa shape index (κ1) is 26.0. The van der Waals surface area contributed by atoms with Crippen LogP contribution in [0.3, 0.4) is 0 Å². The van der Waals surface area contributed by atoms with Crippen molar-refractivity contribution in [3.8, 4) is 17.2 Å². The number of ether oxygens (including phenoxy) is 4. The number of nitrogens with zero attached hydrogens (tertiary/aromatic N) is 2. The van der Waals surface area contributed by atoms with E-state index in [1.807, 2.05) is 24.3 Å². The Bertz CT molecular complexity index is 1550. The zero-order valence-corrected chi connectivity index (χ0v) is 22.0. The summed E-state index contributed by atoms with van der Waals surface area (Å²) < 4.78 is 24.0. The lowest BCUT2D eigenvalue weighted by molar-refractivity contribution is -0.139. The highest BCUT2D eigenvalue weighted by Crippen LogP contribution is 2.36. The molecule has 0 bridgehead atoms. The van der Waals surface area contributed by atoms with E-state index >= 15 is 0 Å². The van der Waals surface area contributed by atoms with Gasteiger partial charge in [0.1, 0.15) is 12.4 Å². The highest BCUT2D eigenvalue weighted by molar-refractivity contribution is 7.07. The topological polar surface area (TPSA) is 88.3 Å². The van der Waals surface area contributed by atoms with E-state index in [4.69, 9.17) is 18.9 Å². The van der Waals surface area contributed by atoms with Gasteiger partial charge in [0.05, 0.1) is 42.7 Å². The molecule has 192 valence electrons. The van der Waals surface area contributed by atoms with Crippen LogP contribution in [0.25, 0.3) is 6.08 Å². The SMILES string of the molecule is C=CCOc1ccccc1/C=c1\sc2n(c1=O)[C@@H](c1ccc(OC)c(OC)c1)C(C(=O)OCC)=C(C)N=2. The molecule has 0 amide bonds. The third-order valence-electron chi connectivity index (χ3n) is 5.80. The Hall–Kier alpha value is -4.11. The minimum atomic E-state index is -0.760. The van der Waals surface area contributed by atoms with Crippen LogP contribution < -0.4 is 29.1 Å². The Kier molecular flexibility index (Phi) is 7.93. The lowest BCUT2D eigenvalue weighted by atomic mass is 9.95. The van der Waals surface area contributed by atoms with E-state index in [-0.39, 0.29) is 12.2 Å². The summed E-state index contributed by atoms with van der Waals surface area (Å²) in [6, 6.07) is 12.0. The molecule has 0 fully saturated rings. The number of para-hydroxylation sites is 1. The fourth-order valence-corrected chi connectivity index (χ4v) is 5.19. The van der Waals surface area contributed by atoms with Gasteiger partial charge in [0, 0.05) is 5.56 Å². The van der Waals surface area contributed by atoms with Crippen molar-refractivity contribution in [2.45, 2.75) is 19.9 Å². The normalized spacial score (nSPS) is 15.0. The number of aromatic nitrogens is 1. The van der Waals surface area contributed by atoms with Gasteiger partial charge in [-0.05, 0) is 43.7 Å². The maximum absolute atomic E-state index is 13.8. The quantitative estimate of drug-likeness (QED) is 0.318. The largest absolute Gasteiger partial charge is 0.493 e. The van der Waals surface area contributed by atoms with E-state index in [1.54, 1.807) is 51.3 Å². The van der Waals surface area contributed by atoms with Gasteiger partial charge in [0.15, 0.2) is 16.3 Å². The summed E-state index contributed by atoms with van der Waals surface area (Å²) in [5.41, 5.74) is 1.91. The summed E-state index contributed by atoms with van der Waals surface area (Å²) in [5, 5.41) is 0. The van der Waals surface area contributed by atoms with Crippen LogP contribution in [-0.2, 0) is 9.53 Å². The van der Waals surface area contributed by atoms with Crippen molar-refractivity contribution in [3.63, 3.8) is 0 Å². The minimum absolute atomic E-state index is 0.195. The van der Waals surface area contributed by atoms with Crippen LogP contribution in [0.5, 0.6) is 17.2 Å². The van der Waals surface area contributed by atoms with Crippen molar-refractivity contribution < 1.29 is 23.7 Å². The Morgan fingerprint density at radius 2 is 1.89 bits per heavy atom. The second-order valence-electron chi connectivity index (χ2n) is 8.05. The average molecular weight is 521 g/mol. The van der Waals surface area contributed by atoms with Gasteiger partial charge in [-0.1, -0.05) is 48.3 Å². The number of methoxy groups -OCH3 is 2. The molecule has 37 heavy (non-hydrogen) atoms. The molecule has 1 aliphatic heterocycles. The van der Waals surface area contributed by atoms with Crippen molar-refractivity contribution in [1.29, 1.82) is 0 Å². The van der Waals surface area contributed by atoms with Crippen molar-refractivity contribution in [1.82, 2.24) is 4.57 Å². The van der Waals surface area contributed by atoms with Crippen LogP contribution >= 0.6 is 11.3 Å². The van der Waals surface area contributed by atoms with E-state index in [1.165, 1.54) is 23.0 Å². The molecule has 0 saturated carbocycles. The number of hydrogen-bond donors (Lipinski definition) is 0. The molecule has 2 aromatic carbocycles. The number of hydrogen-bond acceptors (Lipinski definition) is 8. The molecule has 9 heteroatoms. The molecule has 0 radical (unpaired) electrons. The van der Waals surface area contributed by atoms with Gasteiger partial charge in [-0.25, -0.2) is 9.79 Å². The zero-order valence-electron chi connectivity index (χ0n) is 21.1. The average Bonchev–Trinajstić information content (AvgIpc) is 3.21. The Morgan fingerprint density at radius 3 is 2.59 bits per heavy atom. The molecule has 8 nitrogen and oxygen atoms in total. The predicted octanol–water partition coefficient (Wildman–Crippen LogP) is 3.38. The van der Waals surface area contributed by atoms with E-state index in [9.17, 15) is 9.59 Å². The Balaban J connectivity index is 1.95. The van der Waals surface area contributed by atoms with Gasteiger partial charge in [-0.2, -0.15) is 0 Å². The summed E-state index contributed by atoms with van der Waals surface area (Å²) in [6.45, 7) is 7.71. The predicted molar refractivity (Wildman–Crippen MR) is 142 cm³/mol. The molecule has 0 unspecified atom stereocenters. The number of carbonyl (C=O) groups excluding carboxylic acids is 1. The van der Waals surface area contributed by atoms with Crippen LogP contribution in [0, 0.1) is 0 Å². The molecule has 0 spiro atoms. The zero-order chi connectivity index (χ0) is 26.5. The van der Waals surface area contributed by atoms with Crippen LogP contribution in [-0.4, -0.2) is 38.0 Å². The van der Waals surface area contributed by atoms with Gasteiger partial charge in [-0.3, -0.25) is 9.36 Å². The molecule has 0 aliphatic carbocycles. The second-order valence-corrected chi connectivity index (χ2v) is 9.06. The summed E-state index contributed by atoms with van der Waals surface area (Å²) >= 11 is 1.25. The van der Waals surface area contributed by atoms with Crippen molar-refractivity contribution in [2.75, 3.05) is 27.4 Å². The summed E-state index contributed by atoms with van der Waals surface area (Å²) in [7, 11) is 3.08. The molecule has 3 aromatic rings. The molecular weight excluding hydrogens is 492 g/mol. The van der Waals surface area contributed by atoms with Crippen LogP contribution in [0.2, 0.25) is 0 Å². The molecule has 1 aliphatic rings. The van der Waals surface area contributed by atoms with Crippen LogP contribution in [0.1, 0.15) is 31.0 Å². The number of benzene rings is 2. The van der Waals surface area contributed by atoms with Crippen LogP contribution in [0.15, 0.2) is 76.2 Å². The van der Waals surface area contributed by atoms with Gasteiger partial charge in [0.2, 0.25) is 0 Å². The van der Waals surface area contributed by atoms with Gasteiger partial charge in [0.25, 0.3) is 5.56 Å². The second kappa shape index (κ2) is 11.3. The number of allylic oxidation sites excluding steroid dienone is 1. The first-order valence-electron chi connectivity index (χ1n) is 11.7. The number of thiazole rings is 1. The highest BCUT2D eigenvalue weighted by Gasteiger charge is 2.34. The minimum Gasteiger partial charge on any atom is -0.493 e. The maximum atomic E-state index is 13.8. The number of esters is 1. The van der Waals surface area contributed by atoms with E-state index in [2.05, 4.69) is 11.6 Å². The van der Waals surface area contributed by atoms with Crippen molar-refractivity contribution in [3.05, 3.63) is 97.2 Å². The summed E-state index contributed by atoms with van der Waals surface area (Å²) in [4.78, 5) is 32.0. The lowest BCUT2D eigenvalue weighted by Crippen LogP contribution is -2.40. The highest BCUT2D eigenvalue weighted by atomic mass is 32.1. The van der Waals surface area contributed by atoms with Gasteiger partial charge < -0.3 is 18.9 Å². The summed E-state index contributed by atoms with van der Waals surface area (Å²) in [6.07, 6.45) is 3.44. The fraction of sp³-hybridized carbons (Fsp3) is 0.250. The van der Waals surface area contributed by atoms with E-state index in [0.717, 1.165) is 5.56 Å². The monoisotopic (exact) mass is 520 g/mol. The van der Waals surface area contributed by atoms with Crippen molar-refractivity contribution >= 4 is 23.4 Å². The molecule has 0 N–H and O–H groups in total. The first-order chi connectivity index (χ1) is 17.9. The molecular formula is C28H28N2O6S. The standard InChI is InChI=1S/C28H28N2O6S/c1-6-14-36-20-11-9-8-10-18(20)16-23-26(31)30-25(19-12-13-21(33-4)22(15-19)34-5)24(27(32)35-7-2)17(3)29-28(30)37-23/h6,8-13,15-16,25H,1,7,14H2,2-5H3/b23-16-/t25-/m0/s1. The van der Waals surface area contributed by atoms with Gasteiger partial charge in [-0.15, -0.1) is 0 Å². The first-order valence-corrected chi connectivity index (χ1v) is 12.5. The summed E-state index contributed by atoms with van der Waals surface area (Å²) in [5.74, 6) is 1.12. The number of rotatable bonds is 9. The Labute approximate surface area is 218 Å². The third-order valence-corrected chi connectivity index (χ3v) is 6.79. The fourth-order valence-electron chi connectivity index (χ4n) is 4.15. The molecule has 4 rings (SSSR count). The van der Waals surface area contributed by atoms with Crippen LogP contribution in [0.4, 0.5) is 0 Å². The maximum Gasteiger partial charge on any atom is 0.338 e. The smallest absolute Gasteiger partial charge is 0.338 e. The molecule has 0 saturated heterocycles. The third kappa shape index (κ3) is 5.08. The number of carbonyl (C=O) groups is 1.